The highest BCUT2D eigenvalue weighted by molar-refractivity contribution is 6.31. The standard InChI is InChI=1S/C15H9ClN2O4/c1-8-10(3-2-4-13(8)18(20)21)14-17-12-7-9(16)5-6-11(12)15(19)22-14/h2-7H,1H3. The van der Waals surface area contributed by atoms with Gasteiger partial charge in [-0.25, -0.2) is 9.78 Å². The third-order valence-corrected chi connectivity index (χ3v) is 3.56. The monoisotopic (exact) mass is 316 g/mol. The van der Waals surface area contributed by atoms with Crippen LogP contribution >= 0.6 is 11.6 Å². The summed E-state index contributed by atoms with van der Waals surface area (Å²) in [6.45, 7) is 1.58. The summed E-state index contributed by atoms with van der Waals surface area (Å²) < 4.78 is 5.20. The third-order valence-electron chi connectivity index (χ3n) is 3.32. The Morgan fingerprint density at radius 1 is 1.27 bits per heavy atom. The van der Waals surface area contributed by atoms with Gasteiger partial charge in [0.25, 0.3) is 5.69 Å². The molecule has 0 amide bonds. The van der Waals surface area contributed by atoms with Gasteiger partial charge in [0.15, 0.2) is 0 Å². The molecule has 0 fully saturated rings. The molecular formula is C15H9ClN2O4. The molecule has 3 rings (SSSR count). The summed E-state index contributed by atoms with van der Waals surface area (Å²) in [7, 11) is 0. The van der Waals surface area contributed by atoms with Gasteiger partial charge in [-0.1, -0.05) is 17.7 Å². The van der Waals surface area contributed by atoms with Crippen molar-refractivity contribution in [3.63, 3.8) is 0 Å². The molecule has 0 radical (unpaired) electrons. The second kappa shape index (κ2) is 5.23. The van der Waals surface area contributed by atoms with Crippen LogP contribution in [0, 0.1) is 17.0 Å². The molecule has 0 spiro atoms. The molecule has 0 saturated carbocycles. The lowest BCUT2D eigenvalue weighted by atomic mass is 10.1. The van der Waals surface area contributed by atoms with Gasteiger partial charge in [-0.2, -0.15) is 0 Å². The van der Waals surface area contributed by atoms with E-state index in [1.807, 2.05) is 0 Å². The van der Waals surface area contributed by atoms with E-state index in [2.05, 4.69) is 4.98 Å². The predicted molar refractivity (Wildman–Crippen MR) is 82.1 cm³/mol. The first kappa shape index (κ1) is 14.2. The number of aromatic nitrogens is 1. The second-order valence-corrected chi connectivity index (χ2v) is 5.11. The zero-order valence-corrected chi connectivity index (χ0v) is 12.1. The number of hydrogen-bond acceptors (Lipinski definition) is 5. The van der Waals surface area contributed by atoms with E-state index in [0.29, 0.717) is 27.1 Å². The Kier molecular flexibility index (Phi) is 3.38. The van der Waals surface area contributed by atoms with Crippen molar-refractivity contribution in [2.75, 3.05) is 0 Å². The highest BCUT2D eigenvalue weighted by atomic mass is 35.5. The molecule has 6 nitrogen and oxygen atoms in total. The van der Waals surface area contributed by atoms with Crippen molar-refractivity contribution in [2.45, 2.75) is 6.92 Å². The molecule has 1 heterocycles. The van der Waals surface area contributed by atoms with Crippen molar-refractivity contribution in [3.05, 3.63) is 67.5 Å². The number of benzene rings is 2. The molecule has 3 aromatic rings. The van der Waals surface area contributed by atoms with Gasteiger partial charge in [-0.3, -0.25) is 10.1 Å². The fraction of sp³-hybridized carbons (Fsp3) is 0.0667. The van der Waals surface area contributed by atoms with E-state index >= 15 is 0 Å². The van der Waals surface area contributed by atoms with Crippen LogP contribution in [0.15, 0.2) is 45.6 Å². The van der Waals surface area contributed by atoms with Crippen LogP contribution in [0.4, 0.5) is 5.69 Å². The highest BCUT2D eigenvalue weighted by Gasteiger charge is 2.18. The van der Waals surface area contributed by atoms with Crippen molar-refractivity contribution < 1.29 is 9.34 Å². The third kappa shape index (κ3) is 2.33. The Hall–Kier alpha value is -2.73. The van der Waals surface area contributed by atoms with Gasteiger partial charge >= 0.3 is 5.63 Å². The van der Waals surface area contributed by atoms with Crippen molar-refractivity contribution in [1.29, 1.82) is 0 Å². The van der Waals surface area contributed by atoms with E-state index in [-0.39, 0.29) is 11.6 Å². The number of halogens is 1. The van der Waals surface area contributed by atoms with E-state index in [1.54, 1.807) is 25.1 Å². The Bertz CT molecular complexity index is 965. The van der Waals surface area contributed by atoms with Crippen molar-refractivity contribution >= 4 is 28.2 Å². The molecule has 0 N–H and O–H groups in total. The molecule has 0 aliphatic carbocycles. The first-order valence-corrected chi connectivity index (χ1v) is 6.70. The maximum absolute atomic E-state index is 12.0. The van der Waals surface area contributed by atoms with Crippen LogP contribution in [0.25, 0.3) is 22.4 Å². The Morgan fingerprint density at radius 2 is 2.05 bits per heavy atom. The minimum absolute atomic E-state index is 0.0287. The van der Waals surface area contributed by atoms with Gasteiger partial charge in [0, 0.05) is 22.2 Å². The van der Waals surface area contributed by atoms with E-state index in [1.165, 1.54) is 18.2 Å². The molecule has 0 saturated heterocycles. The Balaban J connectivity index is 2.29. The molecule has 2 aromatic carbocycles. The molecule has 0 bridgehead atoms. The molecule has 0 unspecified atom stereocenters. The minimum atomic E-state index is -0.567. The van der Waals surface area contributed by atoms with Crippen LogP contribution in [-0.2, 0) is 0 Å². The smallest absolute Gasteiger partial charge is 0.347 e. The van der Waals surface area contributed by atoms with E-state index in [9.17, 15) is 14.9 Å². The van der Waals surface area contributed by atoms with Crippen molar-refractivity contribution in [3.8, 4) is 11.5 Å². The second-order valence-electron chi connectivity index (χ2n) is 4.67. The highest BCUT2D eigenvalue weighted by Crippen LogP contribution is 2.29. The number of nitro benzene ring substituents is 1. The normalized spacial score (nSPS) is 10.8. The zero-order valence-electron chi connectivity index (χ0n) is 11.4. The molecule has 0 atom stereocenters. The molecule has 1 aromatic heterocycles. The molecule has 22 heavy (non-hydrogen) atoms. The minimum Gasteiger partial charge on any atom is -0.403 e. The van der Waals surface area contributed by atoms with Crippen LogP contribution in [0.5, 0.6) is 0 Å². The maximum Gasteiger partial charge on any atom is 0.347 e. The van der Waals surface area contributed by atoms with Crippen LogP contribution in [0.3, 0.4) is 0 Å². The number of fused-ring (bicyclic) bond motifs is 1. The SMILES string of the molecule is Cc1c(-c2nc3cc(Cl)ccc3c(=O)o2)cccc1[N+](=O)[O-]. The summed E-state index contributed by atoms with van der Waals surface area (Å²) >= 11 is 5.91. The van der Waals surface area contributed by atoms with Gasteiger partial charge in [0.1, 0.15) is 0 Å². The summed E-state index contributed by atoms with van der Waals surface area (Å²) in [4.78, 5) is 26.8. The number of rotatable bonds is 2. The lowest BCUT2D eigenvalue weighted by molar-refractivity contribution is -0.385. The van der Waals surface area contributed by atoms with E-state index in [4.69, 9.17) is 16.0 Å². The Morgan fingerprint density at radius 3 is 2.77 bits per heavy atom. The predicted octanol–water partition coefficient (Wildman–Crippen LogP) is 3.73. The van der Waals surface area contributed by atoms with Gasteiger partial charge in [0.2, 0.25) is 5.89 Å². The summed E-state index contributed by atoms with van der Waals surface area (Å²) in [6.07, 6.45) is 0. The Labute approximate surface area is 129 Å². The lowest BCUT2D eigenvalue weighted by Gasteiger charge is -2.05. The lowest BCUT2D eigenvalue weighted by Crippen LogP contribution is -2.04. The zero-order chi connectivity index (χ0) is 15.9. The summed E-state index contributed by atoms with van der Waals surface area (Å²) in [6, 6.07) is 9.16. The fourth-order valence-corrected chi connectivity index (χ4v) is 2.38. The number of nitrogens with zero attached hydrogens (tertiary/aromatic N) is 2. The molecular weight excluding hydrogens is 308 g/mol. The van der Waals surface area contributed by atoms with Crippen molar-refractivity contribution in [1.82, 2.24) is 4.98 Å². The number of nitro groups is 1. The first-order valence-electron chi connectivity index (χ1n) is 6.32. The molecule has 0 aliphatic rings. The molecule has 7 heteroatoms. The fourth-order valence-electron chi connectivity index (χ4n) is 2.21. The summed E-state index contributed by atoms with van der Waals surface area (Å²) in [5.41, 5.74) is 0.526. The first-order chi connectivity index (χ1) is 10.5. The topological polar surface area (TPSA) is 86.2 Å². The van der Waals surface area contributed by atoms with Crippen LogP contribution in [-0.4, -0.2) is 9.91 Å². The van der Waals surface area contributed by atoms with Crippen LogP contribution < -0.4 is 5.63 Å². The average molecular weight is 317 g/mol. The van der Waals surface area contributed by atoms with Crippen molar-refractivity contribution in [2.24, 2.45) is 0 Å². The van der Waals surface area contributed by atoms with Crippen LogP contribution in [0.1, 0.15) is 5.56 Å². The van der Waals surface area contributed by atoms with Gasteiger partial charge in [-0.05, 0) is 31.2 Å². The molecule has 110 valence electrons. The van der Waals surface area contributed by atoms with E-state index < -0.39 is 10.5 Å². The largest absolute Gasteiger partial charge is 0.403 e. The quantitative estimate of drug-likeness (QED) is 0.531. The van der Waals surface area contributed by atoms with Crippen LogP contribution in [0.2, 0.25) is 5.02 Å². The van der Waals surface area contributed by atoms with Gasteiger partial charge in [-0.15, -0.1) is 0 Å². The van der Waals surface area contributed by atoms with E-state index in [0.717, 1.165) is 0 Å². The number of hydrogen-bond donors (Lipinski definition) is 0. The average Bonchev–Trinajstić information content (AvgIpc) is 2.46. The summed E-state index contributed by atoms with van der Waals surface area (Å²) in [5, 5.41) is 11.7. The summed E-state index contributed by atoms with van der Waals surface area (Å²) in [5.74, 6) is 0.0287. The van der Waals surface area contributed by atoms with Gasteiger partial charge < -0.3 is 4.42 Å². The maximum atomic E-state index is 12.0. The molecule has 0 aliphatic heterocycles. The van der Waals surface area contributed by atoms with Gasteiger partial charge in [0.05, 0.1) is 15.8 Å².